The van der Waals surface area contributed by atoms with E-state index in [-0.39, 0.29) is 23.9 Å². The second kappa shape index (κ2) is 4.10. The van der Waals surface area contributed by atoms with Gasteiger partial charge < -0.3 is 10.6 Å². The number of fused-ring (bicyclic) bond motifs is 1. The fraction of sp³-hybridized carbons (Fsp3) is 0.385. The van der Waals surface area contributed by atoms with Crippen molar-refractivity contribution in [2.45, 2.75) is 25.4 Å². The topological polar surface area (TPSA) is 70.2 Å². The number of rotatable bonds is 1. The van der Waals surface area contributed by atoms with Gasteiger partial charge in [-0.25, -0.2) is 0 Å². The molecule has 2 atom stereocenters. The molecule has 2 amide bonds. The van der Waals surface area contributed by atoms with Gasteiger partial charge in [-0.1, -0.05) is 12.1 Å². The fourth-order valence-corrected chi connectivity index (χ4v) is 2.59. The van der Waals surface area contributed by atoms with E-state index >= 15 is 0 Å². The average Bonchev–Trinajstić information content (AvgIpc) is 2.72. The largest absolute Gasteiger partial charge is 0.353 e. The minimum Gasteiger partial charge on any atom is -0.353 e. The lowest BCUT2D eigenvalue weighted by Crippen LogP contribution is -2.53. The zero-order chi connectivity index (χ0) is 12.7. The van der Waals surface area contributed by atoms with Gasteiger partial charge in [0.15, 0.2) is 0 Å². The van der Waals surface area contributed by atoms with Crippen molar-refractivity contribution >= 4 is 17.5 Å². The minimum absolute atomic E-state index is 0.0213. The number of anilines is 1. The second-order valence-electron chi connectivity index (χ2n) is 4.78. The van der Waals surface area contributed by atoms with Crippen LogP contribution in [-0.4, -0.2) is 24.4 Å². The SMILES string of the molecule is C[C@@H]1NC(c2cccc3c2CC(=O)N3)CNC1=O. The van der Waals surface area contributed by atoms with Gasteiger partial charge in [0.05, 0.1) is 18.5 Å². The first kappa shape index (κ1) is 11.2. The number of amides is 2. The summed E-state index contributed by atoms with van der Waals surface area (Å²) >= 11 is 0. The highest BCUT2D eigenvalue weighted by Crippen LogP contribution is 2.30. The van der Waals surface area contributed by atoms with Crippen LogP contribution >= 0.6 is 0 Å². The van der Waals surface area contributed by atoms with Crippen molar-refractivity contribution in [3.63, 3.8) is 0 Å². The van der Waals surface area contributed by atoms with Crippen molar-refractivity contribution < 1.29 is 9.59 Å². The highest BCUT2D eigenvalue weighted by Gasteiger charge is 2.29. The molecule has 1 saturated heterocycles. The number of carbonyl (C=O) groups excluding carboxylic acids is 2. The third kappa shape index (κ3) is 1.76. The molecule has 2 heterocycles. The monoisotopic (exact) mass is 245 g/mol. The Morgan fingerprint density at radius 2 is 2.11 bits per heavy atom. The van der Waals surface area contributed by atoms with Crippen molar-refractivity contribution in [1.82, 2.24) is 10.6 Å². The number of hydrogen-bond acceptors (Lipinski definition) is 3. The number of carbonyl (C=O) groups is 2. The van der Waals surface area contributed by atoms with E-state index in [0.717, 1.165) is 16.8 Å². The minimum atomic E-state index is -0.204. The Labute approximate surface area is 105 Å². The van der Waals surface area contributed by atoms with Crippen LogP contribution in [0.5, 0.6) is 0 Å². The molecule has 0 saturated carbocycles. The van der Waals surface area contributed by atoms with Gasteiger partial charge in [-0.05, 0) is 24.1 Å². The molecule has 1 unspecified atom stereocenters. The summed E-state index contributed by atoms with van der Waals surface area (Å²) in [6.45, 7) is 2.40. The second-order valence-corrected chi connectivity index (χ2v) is 4.78. The molecule has 3 rings (SSSR count). The van der Waals surface area contributed by atoms with Crippen LogP contribution in [0.3, 0.4) is 0 Å². The molecule has 94 valence electrons. The predicted molar refractivity (Wildman–Crippen MR) is 67.1 cm³/mol. The molecular weight excluding hydrogens is 230 g/mol. The molecule has 1 fully saturated rings. The highest BCUT2D eigenvalue weighted by atomic mass is 16.2. The Hall–Kier alpha value is -1.88. The number of piperazine rings is 1. The van der Waals surface area contributed by atoms with Gasteiger partial charge in [0.2, 0.25) is 11.8 Å². The van der Waals surface area contributed by atoms with Crippen LogP contribution in [0, 0.1) is 0 Å². The molecule has 3 N–H and O–H groups in total. The third-order valence-corrected chi connectivity index (χ3v) is 3.52. The molecule has 0 aromatic heterocycles. The van der Waals surface area contributed by atoms with Crippen LogP contribution in [0.4, 0.5) is 5.69 Å². The Kier molecular flexibility index (Phi) is 2.56. The van der Waals surface area contributed by atoms with Crippen molar-refractivity contribution in [1.29, 1.82) is 0 Å². The van der Waals surface area contributed by atoms with E-state index in [9.17, 15) is 9.59 Å². The highest BCUT2D eigenvalue weighted by molar-refractivity contribution is 5.99. The number of hydrogen-bond donors (Lipinski definition) is 3. The van der Waals surface area contributed by atoms with E-state index in [1.807, 2.05) is 25.1 Å². The van der Waals surface area contributed by atoms with Crippen molar-refractivity contribution in [3.8, 4) is 0 Å². The zero-order valence-corrected chi connectivity index (χ0v) is 10.1. The number of benzene rings is 1. The Morgan fingerprint density at radius 1 is 1.28 bits per heavy atom. The van der Waals surface area contributed by atoms with Gasteiger partial charge in [-0.2, -0.15) is 0 Å². The third-order valence-electron chi connectivity index (χ3n) is 3.52. The zero-order valence-electron chi connectivity index (χ0n) is 10.1. The molecule has 0 spiro atoms. The lowest BCUT2D eigenvalue weighted by Gasteiger charge is -2.30. The standard InChI is InChI=1S/C13H15N3O2/c1-7-13(18)14-6-11(15-7)8-3-2-4-10-9(8)5-12(17)16-10/h2-4,7,11,15H,5-6H2,1H3,(H,14,18)(H,16,17)/t7-,11?/m0/s1. The van der Waals surface area contributed by atoms with E-state index in [2.05, 4.69) is 16.0 Å². The Balaban J connectivity index is 1.92. The maximum Gasteiger partial charge on any atom is 0.236 e. The first-order valence-corrected chi connectivity index (χ1v) is 6.10. The molecule has 1 aromatic carbocycles. The molecule has 1 aromatic rings. The molecule has 5 nitrogen and oxygen atoms in total. The van der Waals surface area contributed by atoms with Gasteiger partial charge in [-0.3, -0.25) is 14.9 Å². The smallest absolute Gasteiger partial charge is 0.236 e. The Bertz CT molecular complexity index is 527. The first-order valence-electron chi connectivity index (χ1n) is 6.10. The van der Waals surface area contributed by atoms with Gasteiger partial charge in [0, 0.05) is 12.2 Å². The van der Waals surface area contributed by atoms with Crippen LogP contribution in [0.25, 0.3) is 0 Å². The molecule has 18 heavy (non-hydrogen) atoms. The molecule has 0 bridgehead atoms. The molecule has 2 aliphatic heterocycles. The van der Waals surface area contributed by atoms with Gasteiger partial charge in [0.25, 0.3) is 0 Å². The molecule has 2 aliphatic rings. The van der Waals surface area contributed by atoms with Crippen molar-refractivity contribution in [2.75, 3.05) is 11.9 Å². The van der Waals surface area contributed by atoms with E-state index in [1.54, 1.807) is 0 Å². The average molecular weight is 245 g/mol. The van der Waals surface area contributed by atoms with Crippen LogP contribution < -0.4 is 16.0 Å². The van der Waals surface area contributed by atoms with Crippen LogP contribution in [0.2, 0.25) is 0 Å². The van der Waals surface area contributed by atoms with E-state index in [1.165, 1.54) is 0 Å². The maximum absolute atomic E-state index is 11.5. The van der Waals surface area contributed by atoms with E-state index < -0.39 is 0 Å². The fourth-order valence-electron chi connectivity index (χ4n) is 2.59. The summed E-state index contributed by atoms with van der Waals surface area (Å²) in [4.78, 5) is 22.9. The number of nitrogens with one attached hydrogen (secondary N) is 3. The summed E-state index contributed by atoms with van der Waals surface area (Å²) in [6.07, 6.45) is 0.423. The summed E-state index contributed by atoms with van der Waals surface area (Å²) in [5.74, 6) is 0.0540. The summed E-state index contributed by atoms with van der Waals surface area (Å²) in [5, 5.41) is 8.99. The van der Waals surface area contributed by atoms with Gasteiger partial charge >= 0.3 is 0 Å². The van der Waals surface area contributed by atoms with Gasteiger partial charge in [-0.15, -0.1) is 0 Å². The first-order chi connectivity index (χ1) is 8.65. The maximum atomic E-state index is 11.5. The van der Waals surface area contributed by atoms with Crippen LogP contribution in [0.1, 0.15) is 24.1 Å². The van der Waals surface area contributed by atoms with Crippen LogP contribution in [0.15, 0.2) is 18.2 Å². The lowest BCUT2D eigenvalue weighted by atomic mass is 9.96. The van der Waals surface area contributed by atoms with E-state index in [4.69, 9.17) is 0 Å². The molecule has 0 radical (unpaired) electrons. The molecule has 5 heteroatoms. The molecular formula is C13H15N3O2. The summed E-state index contributed by atoms with van der Waals surface area (Å²) in [7, 11) is 0. The van der Waals surface area contributed by atoms with E-state index in [0.29, 0.717) is 13.0 Å². The summed E-state index contributed by atoms with van der Waals surface area (Å²) < 4.78 is 0. The predicted octanol–water partition coefficient (Wildman–Crippen LogP) is 0.330. The van der Waals surface area contributed by atoms with Crippen molar-refractivity contribution in [3.05, 3.63) is 29.3 Å². The summed E-state index contributed by atoms with van der Waals surface area (Å²) in [5.41, 5.74) is 3.03. The summed E-state index contributed by atoms with van der Waals surface area (Å²) in [6, 6.07) is 5.72. The molecule has 0 aliphatic carbocycles. The van der Waals surface area contributed by atoms with Crippen LogP contribution in [-0.2, 0) is 16.0 Å². The lowest BCUT2D eigenvalue weighted by molar-refractivity contribution is -0.124. The van der Waals surface area contributed by atoms with Gasteiger partial charge in [0.1, 0.15) is 0 Å². The quantitative estimate of drug-likeness (QED) is 0.668. The Morgan fingerprint density at radius 3 is 2.89 bits per heavy atom. The van der Waals surface area contributed by atoms with Crippen molar-refractivity contribution in [2.24, 2.45) is 0 Å². The normalized spacial score (nSPS) is 26.5.